The Bertz CT molecular complexity index is 2150. The van der Waals surface area contributed by atoms with Crippen LogP contribution in [0.4, 0.5) is 26.3 Å². The van der Waals surface area contributed by atoms with Crippen molar-refractivity contribution in [3.8, 4) is 45.5 Å². The summed E-state index contributed by atoms with van der Waals surface area (Å²) in [5.41, 5.74) is 6.15. The van der Waals surface area contributed by atoms with Crippen LogP contribution in [0.1, 0.15) is 16.7 Å². The van der Waals surface area contributed by atoms with Crippen molar-refractivity contribution in [1.82, 2.24) is 19.3 Å². The molecule has 6 rings (SSSR count). The average molecular weight is 695 g/mol. The Labute approximate surface area is 278 Å². The zero-order valence-electron chi connectivity index (χ0n) is 25.6. The predicted octanol–water partition coefficient (Wildman–Crippen LogP) is 8.80. The molecule has 0 fully saturated rings. The first-order valence-corrected chi connectivity index (χ1v) is 15.3. The van der Waals surface area contributed by atoms with Crippen LogP contribution in [-0.2, 0) is 0 Å². The van der Waals surface area contributed by atoms with Gasteiger partial charge in [-0.15, -0.1) is 47.9 Å². The van der Waals surface area contributed by atoms with Gasteiger partial charge in [-0.1, -0.05) is 42.5 Å². The summed E-state index contributed by atoms with van der Waals surface area (Å²) >= 11 is 1.33. The molecule has 0 unspecified atom stereocenters. The lowest BCUT2D eigenvalue weighted by molar-refractivity contribution is -0.275. The number of benzene rings is 4. The first-order chi connectivity index (χ1) is 23.3. The Balaban J connectivity index is 1.24. The Morgan fingerprint density at radius 2 is 1.31 bits per heavy atom. The van der Waals surface area contributed by atoms with Crippen molar-refractivity contribution in [3.63, 3.8) is 0 Å². The van der Waals surface area contributed by atoms with Crippen LogP contribution in [0, 0.1) is 13.8 Å². The Morgan fingerprint density at radius 3 is 1.90 bits per heavy atom. The molecule has 0 aliphatic carbocycles. The van der Waals surface area contributed by atoms with Crippen molar-refractivity contribution in [1.29, 1.82) is 0 Å². The molecule has 0 aliphatic rings. The van der Waals surface area contributed by atoms with Crippen molar-refractivity contribution in [2.75, 3.05) is 0 Å². The van der Waals surface area contributed by atoms with Gasteiger partial charge in [0.1, 0.15) is 17.8 Å². The summed E-state index contributed by atoms with van der Waals surface area (Å²) in [6.07, 6.45) is -6.53. The summed E-state index contributed by atoms with van der Waals surface area (Å²) in [7, 11) is 0. The monoisotopic (exact) mass is 694 g/mol. The van der Waals surface area contributed by atoms with Gasteiger partial charge in [-0.3, -0.25) is 4.57 Å². The van der Waals surface area contributed by atoms with E-state index >= 15 is 0 Å². The van der Waals surface area contributed by atoms with Crippen LogP contribution in [0.25, 0.3) is 34.0 Å². The Morgan fingerprint density at radius 1 is 0.735 bits per heavy atom. The van der Waals surface area contributed by atoms with Crippen molar-refractivity contribution in [3.05, 3.63) is 124 Å². The van der Waals surface area contributed by atoms with Gasteiger partial charge in [-0.25, -0.2) is 9.67 Å². The zero-order valence-corrected chi connectivity index (χ0v) is 26.4. The third-order valence-corrected chi connectivity index (χ3v) is 7.92. The second-order valence-electron chi connectivity index (χ2n) is 10.6. The average Bonchev–Trinajstić information content (AvgIpc) is 3.69. The van der Waals surface area contributed by atoms with Crippen LogP contribution in [0.3, 0.4) is 0 Å². The SMILES string of the molecule is Cc1cccc(C)c1-n1c(-c2ccc(OC(F)(F)F)cc2)cs/c1=N\N=Cc1ccc(-c2ncn(-c3ccc(OC(F)(F)F)cc3)n2)cc1. The quantitative estimate of drug-likeness (QED) is 0.0907. The normalized spacial score (nSPS) is 12.5. The third kappa shape index (κ3) is 8.06. The van der Waals surface area contributed by atoms with Crippen molar-refractivity contribution >= 4 is 17.6 Å². The molecule has 15 heteroatoms. The van der Waals surface area contributed by atoms with Gasteiger partial charge in [0.2, 0.25) is 4.80 Å². The number of ether oxygens (including phenoxy) is 2. The molecular weight excluding hydrogens is 670 g/mol. The maximum atomic E-state index is 12.7. The van der Waals surface area contributed by atoms with Crippen LogP contribution >= 0.6 is 11.3 Å². The largest absolute Gasteiger partial charge is 0.573 e. The van der Waals surface area contributed by atoms with E-state index in [1.165, 1.54) is 58.7 Å². The van der Waals surface area contributed by atoms with E-state index in [1.807, 2.05) is 54.1 Å². The molecule has 0 bridgehead atoms. The van der Waals surface area contributed by atoms with E-state index in [-0.39, 0.29) is 11.5 Å². The zero-order chi connectivity index (χ0) is 34.8. The summed E-state index contributed by atoms with van der Waals surface area (Å²) < 4.78 is 86.8. The Hall–Kier alpha value is -5.70. The molecule has 0 spiro atoms. The standard InChI is InChI=1S/C34H24F6N6O2S/c1-21-4-3-5-22(2)30(21)46-29(24-10-14-27(15-11-24)47-33(35,36)37)19-49-32(46)43-42-18-23-6-8-25(9-7-23)31-41-20-45(44-31)26-12-16-28(17-13-26)48-34(38,39)40/h3-20H,1-2H3/b42-18?,43-32-. The van der Waals surface area contributed by atoms with Gasteiger partial charge in [-0.05, 0) is 84.6 Å². The molecule has 0 aliphatic heterocycles. The molecule has 6 aromatic rings. The molecule has 250 valence electrons. The number of aromatic nitrogens is 4. The number of aryl methyl sites for hydroxylation is 2. The molecule has 0 atom stereocenters. The van der Waals surface area contributed by atoms with Crippen LogP contribution in [0.5, 0.6) is 11.5 Å². The van der Waals surface area contributed by atoms with E-state index in [0.29, 0.717) is 27.4 Å². The number of hydrogen-bond donors (Lipinski definition) is 0. The fourth-order valence-electron chi connectivity index (χ4n) is 4.97. The second-order valence-corrected chi connectivity index (χ2v) is 11.4. The van der Waals surface area contributed by atoms with Crippen molar-refractivity contribution < 1.29 is 35.8 Å². The summed E-state index contributed by atoms with van der Waals surface area (Å²) in [6, 6.07) is 24.0. The van der Waals surface area contributed by atoms with E-state index in [9.17, 15) is 26.3 Å². The lowest BCUT2D eigenvalue weighted by atomic mass is 10.1. The number of rotatable bonds is 8. The minimum atomic E-state index is -4.79. The summed E-state index contributed by atoms with van der Waals surface area (Å²) in [4.78, 5) is 4.85. The molecular formula is C34H24F6N6O2S. The van der Waals surface area contributed by atoms with Crippen molar-refractivity contribution in [2.24, 2.45) is 10.2 Å². The van der Waals surface area contributed by atoms with E-state index in [4.69, 9.17) is 0 Å². The van der Waals surface area contributed by atoms with E-state index in [0.717, 1.165) is 28.1 Å². The van der Waals surface area contributed by atoms with E-state index in [2.05, 4.69) is 29.8 Å². The van der Waals surface area contributed by atoms with Gasteiger partial charge in [-0.2, -0.15) is 5.10 Å². The number of alkyl halides is 6. The van der Waals surface area contributed by atoms with Crippen molar-refractivity contribution in [2.45, 2.75) is 26.6 Å². The van der Waals surface area contributed by atoms with Crippen LogP contribution in [0.15, 0.2) is 113 Å². The first-order valence-electron chi connectivity index (χ1n) is 14.4. The van der Waals surface area contributed by atoms with Gasteiger partial charge in [0.15, 0.2) is 5.82 Å². The van der Waals surface area contributed by atoms with Crippen LogP contribution < -0.4 is 14.3 Å². The molecule has 0 N–H and O–H groups in total. The summed E-state index contributed by atoms with van der Waals surface area (Å²) in [5, 5.41) is 15.1. The van der Waals surface area contributed by atoms with Gasteiger partial charge in [0.25, 0.3) is 0 Å². The van der Waals surface area contributed by atoms with Crippen LogP contribution in [0.2, 0.25) is 0 Å². The molecule has 2 aromatic heterocycles. The third-order valence-electron chi connectivity index (χ3n) is 7.10. The smallest absolute Gasteiger partial charge is 0.406 e. The maximum absolute atomic E-state index is 12.7. The fraction of sp³-hybridized carbons (Fsp3) is 0.118. The molecule has 49 heavy (non-hydrogen) atoms. The number of thiazole rings is 1. The molecule has 0 saturated heterocycles. The van der Waals surface area contributed by atoms with Gasteiger partial charge < -0.3 is 9.47 Å². The highest BCUT2D eigenvalue weighted by atomic mass is 32.1. The first kappa shape index (κ1) is 33.2. The lowest BCUT2D eigenvalue weighted by Gasteiger charge is -2.15. The molecule has 8 nitrogen and oxygen atoms in total. The minimum absolute atomic E-state index is 0.317. The molecule has 0 amide bonds. The highest BCUT2D eigenvalue weighted by molar-refractivity contribution is 7.07. The lowest BCUT2D eigenvalue weighted by Crippen LogP contribution is -2.17. The second kappa shape index (κ2) is 13.4. The van der Waals surface area contributed by atoms with E-state index in [1.54, 1.807) is 30.5 Å². The summed E-state index contributed by atoms with van der Waals surface area (Å²) in [6.45, 7) is 3.93. The molecule has 2 heterocycles. The number of halogens is 6. The van der Waals surface area contributed by atoms with E-state index < -0.39 is 12.7 Å². The molecule has 0 radical (unpaired) electrons. The molecule has 0 saturated carbocycles. The minimum Gasteiger partial charge on any atom is -0.406 e. The van der Waals surface area contributed by atoms with Gasteiger partial charge >= 0.3 is 12.7 Å². The van der Waals surface area contributed by atoms with Crippen LogP contribution in [-0.4, -0.2) is 38.3 Å². The predicted molar refractivity (Wildman–Crippen MR) is 172 cm³/mol. The maximum Gasteiger partial charge on any atom is 0.573 e. The number of nitrogens with zero attached hydrogens (tertiary/aromatic N) is 6. The fourth-order valence-corrected chi connectivity index (χ4v) is 5.82. The topological polar surface area (TPSA) is 78.8 Å². The Kier molecular flexibility index (Phi) is 9.10. The molecule has 4 aromatic carbocycles. The number of para-hydroxylation sites is 1. The van der Waals surface area contributed by atoms with Gasteiger partial charge in [0.05, 0.1) is 23.3 Å². The highest BCUT2D eigenvalue weighted by Crippen LogP contribution is 2.30. The summed E-state index contributed by atoms with van der Waals surface area (Å²) in [5.74, 6) is -0.251. The number of hydrogen-bond acceptors (Lipinski definition) is 7. The van der Waals surface area contributed by atoms with Gasteiger partial charge in [0, 0.05) is 10.9 Å². The highest BCUT2D eigenvalue weighted by Gasteiger charge is 2.31.